The van der Waals surface area contributed by atoms with Gasteiger partial charge in [-0.1, -0.05) is 13.8 Å². The van der Waals surface area contributed by atoms with Gasteiger partial charge in [-0.3, -0.25) is 14.5 Å². The van der Waals surface area contributed by atoms with Crippen molar-refractivity contribution in [2.24, 2.45) is 5.92 Å². The van der Waals surface area contributed by atoms with Crippen molar-refractivity contribution in [3.63, 3.8) is 0 Å². The molecule has 0 aromatic carbocycles. The molecule has 0 aliphatic carbocycles. The lowest BCUT2D eigenvalue weighted by Gasteiger charge is -2.36. The fourth-order valence-electron chi connectivity index (χ4n) is 1.86. The van der Waals surface area contributed by atoms with E-state index in [1.165, 1.54) is 0 Å². The van der Waals surface area contributed by atoms with Gasteiger partial charge in [-0.2, -0.15) is 0 Å². The SMILES string of the molecule is CCC(CO)(CO)N1C(=O)CC(C)C1=O. The van der Waals surface area contributed by atoms with E-state index in [1.54, 1.807) is 13.8 Å². The average Bonchev–Trinajstić information content (AvgIpc) is 2.48. The van der Waals surface area contributed by atoms with Crippen LogP contribution in [-0.2, 0) is 9.59 Å². The number of amides is 2. The molecule has 0 radical (unpaired) electrons. The van der Waals surface area contributed by atoms with Gasteiger partial charge in [0.05, 0.1) is 18.8 Å². The second kappa shape index (κ2) is 4.28. The van der Waals surface area contributed by atoms with Crippen LogP contribution in [0.2, 0.25) is 0 Å². The van der Waals surface area contributed by atoms with Gasteiger partial charge in [0.1, 0.15) is 0 Å². The van der Waals surface area contributed by atoms with Crippen molar-refractivity contribution in [2.75, 3.05) is 13.2 Å². The third kappa shape index (κ3) is 1.77. The Balaban J connectivity index is 3.03. The first-order valence-electron chi connectivity index (χ1n) is 5.11. The second-order valence-electron chi connectivity index (χ2n) is 4.07. The maximum Gasteiger partial charge on any atom is 0.233 e. The van der Waals surface area contributed by atoms with E-state index >= 15 is 0 Å². The van der Waals surface area contributed by atoms with Crippen LogP contribution in [0.25, 0.3) is 0 Å². The number of hydrogen-bond acceptors (Lipinski definition) is 4. The molecule has 5 nitrogen and oxygen atoms in total. The summed E-state index contributed by atoms with van der Waals surface area (Å²) in [6, 6.07) is 0. The van der Waals surface area contributed by atoms with Crippen molar-refractivity contribution in [1.29, 1.82) is 0 Å². The van der Waals surface area contributed by atoms with Gasteiger partial charge in [-0.25, -0.2) is 0 Å². The Morgan fingerprint density at radius 3 is 2.20 bits per heavy atom. The van der Waals surface area contributed by atoms with E-state index in [9.17, 15) is 19.8 Å². The van der Waals surface area contributed by atoms with Crippen molar-refractivity contribution in [3.05, 3.63) is 0 Å². The number of hydrogen-bond donors (Lipinski definition) is 2. The van der Waals surface area contributed by atoms with Crippen LogP contribution in [0.4, 0.5) is 0 Å². The van der Waals surface area contributed by atoms with Gasteiger partial charge in [0.2, 0.25) is 11.8 Å². The van der Waals surface area contributed by atoms with Gasteiger partial charge in [0.15, 0.2) is 0 Å². The van der Waals surface area contributed by atoms with Gasteiger partial charge < -0.3 is 10.2 Å². The highest BCUT2D eigenvalue weighted by atomic mass is 16.3. The zero-order valence-electron chi connectivity index (χ0n) is 9.06. The summed E-state index contributed by atoms with van der Waals surface area (Å²) < 4.78 is 0. The molecule has 5 heteroatoms. The highest BCUT2D eigenvalue weighted by Crippen LogP contribution is 2.29. The molecule has 2 amide bonds. The van der Waals surface area contributed by atoms with Crippen LogP contribution in [0.5, 0.6) is 0 Å². The monoisotopic (exact) mass is 215 g/mol. The quantitative estimate of drug-likeness (QED) is 0.621. The predicted molar refractivity (Wildman–Crippen MR) is 52.8 cm³/mol. The molecule has 0 bridgehead atoms. The van der Waals surface area contributed by atoms with Gasteiger partial charge in [-0.05, 0) is 6.42 Å². The van der Waals surface area contributed by atoms with Crippen LogP contribution in [0.1, 0.15) is 26.7 Å². The zero-order chi connectivity index (χ0) is 11.6. The predicted octanol–water partition coefficient (Wildman–Crippen LogP) is -0.485. The zero-order valence-corrected chi connectivity index (χ0v) is 9.06. The number of likely N-dealkylation sites (tertiary alicyclic amines) is 1. The fourth-order valence-corrected chi connectivity index (χ4v) is 1.86. The van der Waals surface area contributed by atoms with Gasteiger partial charge in [-0.15, -0.1) is 0 Å². The van der Waals surface area contributed by atoms with E-state index in [0.29, 0.717) is 6.42 Å². The van der Waals surface area contributed by atoms with Gasteiger partial charge in [0.25, 0.3) is 0 Å². The number of imide groups is 1. The first-order chi connectivity index (χ1) is 7.02. The van der Waals surface area contributed by atoms with Crippen LogP contribution in [0, 0.1) is 5.92 Å². The highest BCUT2D eigenvalue weighted by Gasteiger charge is 2.47. The number of rotatable bonds is 4. The van der Waals surface area contributed by atoms with Crippen molar-refractivity contribution in [1.82, 2.24) is 4.90 Å². The number of aliphatic hydroxyl groups is 2. The summed E-state index contributed by atoms with van der Waals surface area (Å²) in [4.78, 5) is 24.4. The van der Waals surface area contributed by atoms with E-state index in [2.05, 4.69) is 0 Å². The minimum absolute atomic E-state index is 0.167. The molecule has 0 saturated carbocycles. The minimum atomic E-state index is -1.13. The van der Waals surface area contributed by atoms with Crippen LogP contribution in [-0.4, -0.2) is 45.7 Å². The molecule has 1 rings (SSSR count). The maximum absolute atomic E-state index is 11.7. The van der Waals surface area contributed by atoms with Crippen LogP contribution >= 0.6 is 0 Å². The largest absolute Gasteiger partial charge is 0.394 e. The van der Waals surface area contributed by atoms with E-state index in [-0.39, 0.29) is 24.2 Å². The van der Waals surface area contributed by atoms with Crippen LogP contribution < -0.4 is 0 Å². The topological polar surface area (TPSA) is 77.8 Å². The molecule has 0 aromatic heterocycles. The Morgan fingerprint density at radius 2 is 1.93 bits per heavy atom. The normalized spacial score (nSPS) is 22.7. The van der Waals surface area contributed by atoms with Crippen LogP contribution in [0.15, 0.2) is 0 Å². The van der Waals surface area contributed by atoms with Crippen LogP contribution in [0.3, 0.4) is 0 Å². The molecule has 0 aromatic rings. The Kier molecular flexibility index (Phi) is 3.46. The fraction of sp³-hybridized carbons (Fsp3) is 0.800. The summed E-state index contributed by atoms with van der Waals surface area (Å²) in [6.07, 6.45) is 0.519. The highest BCUT2D eigenvalue weighted by molar-refractivity contribution is 6.04. The first-order valence-corrected chi connectivity index (χ1v) is 5.11. The molecule has 1 aliphatic rings. The number of nitrogens with zero attached hydrogens (tertiary/aromatic N) is 1. The Labute approximate surface area is 88.7 Å². The number of aliphatic hydroxyl groups excluding tert-OH is 2. The Hall–Kier alpha value is -0.940. The molecular formula is C10H17NO4. The summed E-state index contributed by atoms with van der Waals surface area (Å²) in [5, 5.41) is 18.5. The molecule has 1 aliphatic heterocycles. The third-order valence-electron chi connectivity index (χ3n) is 3.09. The molecule has 1 atom stereocenters. The Morgan fingerprint density at radius 1 is 1.40 bits per heavy atom. The lowest BCUT2D eigenvalue weighted by molar-refractivity contribution is -0.151. The molecule has 1 unspecified atom stereocenters. The lowest BCUT2D eigenvalue weighted by Crippen LogP contribution is -2.56. The molecule has 15 heavy (non-hydrogen) atoms. The van der Waals surface area contributed by atoms with E-state index < -0.39 is 18.8 Å². The standard InChI is InChI=1S/C10H17NO4/c1-3-10(5-12,6-13)11-8(14)4-7(2)9(11)15/h7,12-13H,3-6H2,1-2H3. The summed E-state index contributed by atoms with van der Waals surface area (Å²) in [5.74, 6) is -0.955. The van der Waals surface area contributed by atoms with E-state index in [0.717, 1.165) is 4.90 Å². The van der Waals surface area contributed by atoms with Gasteiger partial charge in [0, 0.05) is 12.3 Å². The van der Waals surface area contributed by atoms with Crippen molar-refractivity contribution >= 4 is 11.8 Å². The number of carbonyl (C=O) groups is 2. The smallest absolute Gasteiger partial charge is 0.233 e. The summed E-state index contributed by atoms with van der Waals surface area (Å²) in [6.45, 7) is 2.61. The van der Waals surface area contributed by atoms with Crippen molar-refractivity contribution in [3.8, 4) is 0 Å². The summed E-state index contributed by atoms with van der Waals surface area (Å²) >= 11 is 0. The average molecular weight is 215 g/mol. The van der Waals surface area contributed by atoms with Crippen molar-refractivity contribution < 1.29 is 19.8 Å². The van der Waals surface area contributed by atoms with E-state index in [4.69, 9.17) is 0 Å². The Bertz CT molecular complexity index is 264. The van der Waals surface area contributed by atoms with Gasteiger partial charge >= 0.3 is 0 Å². The number of carbonyl (C=O) groups excluding carboxylic acids is 2. The maximum atomic E-state index is 11.7. The molecule has 0 spiro atoms. The second-order valence-corrected chi connectivity index (χ2v) is 4.07. The van der Waals surface area contributed by atoms with E-state index in [1.807, 2.05) is 0 Å². The molecule has 1 fully saturated rings. The molecule has 2 N–H and O–H groups in total. The molecule has 86 valence electrons. The third-order valence-corrected chi connectivity index (χ3v) is 3.09. The molecular weight excluding hydrogens is 198 g/mol. The first kappa shape index (κ1) is 12.1. The summed E-state index contributed by atoms with van der Waals surface area (Å²) in [7, 11) is 0. The lowest BCUT2D eigenvalue weighted by atomic mass is 9.96. The minimum Gasteiger partial charge on any atom is -0.394 e. The molecule has 1 saturated heterocycles. The van der Waals surface area contributed by atoms with Crippen molar-refractivity contribution in [2.45, 2.75) is 32.2 Å². The summed E-state index contributed by atoms with van der Waals surface area (Å²) in [5.41, 5.74) is -1.13. The molecule has 1 heterocycles.